The summed E-state index contributed by atoms with van der Waals surface area (Å²) < 4.78 is 5.96. The second-order valence-electron chi connectivity index (χ2n) is 5.64. The lowest BCUT2D eigenvalue weighted by atomic mass is 9.84. The van der Waals surface area contributed by atoms with Gasteiger partial charge in [-0.05, 0) is 39.3 Å². The lowest BCUT2D eigenvalue weighted by Gasteiger charge is -2.37. The molecule has 1 aromatic rings. The summed E-state index contributed by atoms with van der Waals surface area (Å²) in [5.41, 5.74) is 5.41. The molecule has 1 saturated carbocycles. The molecule has 0 aliphatic heterocycles. The average molecular weight is 281 g/mol. The van der Waals surface area contributed by atoms with Crippen molar-refractivity contribution in [1.82, 2.24) is 9.64 Å². The van der Waals surface area contributed by atoms with Gasteiger partial charge in [-0.15, -0.1) is 4.74 Å². The molecule has 0 aromatic carbocycles. The zero-order chi connectivity index (χ0) is 14.7. The number of rotatable bonds is 4. The van der Waals surface area contributed by atoms with Crippen molar-refractivity contribution >= 4 is 5.91 Å². The van der Waals surface area contributed by atoms with Gasteiger partial charge in [-0.2, -0.15) is 0 Å². The molecular weight excluding hydrogens is 258 g/mol. The van der Waals surface area contributed by atoms with Crippen molar-refractivity contribution in [3.63, 3.8) is 0 Å². The fraction of sp³-hybridized carbons (Fsp3) is 0.714. The zero-order valence-electron chi connectivity index (χ0n) is 12.2. The van der Waals surface area contributed by atoms with Crippen LogP contribution in [0.25, 0.3) is 0 Å². The van der Waals surface area contributed by atoms with Gasteiger partial charge in [0.1, 0.15) is 5.76 Å². The summed E-state index contributed by atoms with van der Waals surface area (Å²) in [6.07, 6.45) is 4.54. The van der Waals surface area contributed by atoms with Gasteiger partial charge in [-0.1, -0.05) is 12.8 Å². The Morgan fingerprint density at radius 1 is 1.50 bits per heavy atom. The molecule has 6 heteroatoms. The minimum atomic E-state index is -0.403. The lowest BCUT2D eigenvalue weighted by molar-refractivity contribution is 0.0641. The van der Waals surface area contributed by atoms with Gasteiger partial charge in [0.05, 0.1) is 6.54 Å². The summed E-state index contributed by atoms with van der Waals surface area (Å²) in [4.78, 5) is 25.7. The molecule has 2 N–H and O–H groups in total. The second kappa shape index (κ2) is 6.37. The van der Waals surface area contributed by atoms with Gasteiger partial charge < -0.3 is 10.3 Å². The van der Waals surface area contributed by atoms with E-state index in [1.54, 1.807) is 6.92 Å². The summed E-state index contributed by atoms with van der Waals surface area (Å²) in [7, 11) is 1.91. The number of nitrogens with zero attached hydrogens (tertiary/aromatic N) is 2. The Labute approximate surface area is 118 Å². The predicted octanol–water partition coefficient (Wildman–Crippen LogP) is 0.839. The Kier molecular flexibility index (Phi) is 4.77. The highest BCUT2D eigenvalue weighted by Crippen LogP contribution is 2.26. The molecule has 1 aromatic heterocycles. The number of hydrogen-bond acceptors (Lipinski definition) is 5. The summed E-state index contributed by atoms with van der Waals surface area (Å²) in [6.45, 7) is 2.47. The smallest absolute Gasteiger partial charge is 0.290 e. The molecule has 20 heavy (non-hydrogen) atoms. The predicted molar refractivity (Wildman–Crippen MR) is 75.8 cm³/mol. The summed E-state index contributed by atoms with van der Waals surface area (Å²) in [5.74, 6) is 0.548. The van der Waals surface area contributed by atoms with Crippen molar-refractivity contribution in [2.45, 2.75) is 38.6 Å². The molecule has 1 aliphatic carbocycles. The van der Waals surface area contributed by atoms with Crippen LogP contribution >= 0.6 is 0 Å². The molecule has 0 radical (unpaired) electrons. The van der Waals surface area contributed by atoms with Gasteiger partial charge >= 0.3 is 0 Å². The van der Waals surface area contributed by atoms with Crippen LogP contribution in [0.2, 0.25) is 0 Å². The van der Waals surface area contributed by atoms with Crippen LogP contribution in [0.3, 0.4) is 0 Å². The first kappa shape index (κ1) is 15.0. The molecule has 112 valence electrons. The normalized spacial score (nSPS) is 23.2. The number of aromatic nitrogens is 1. The SMILES string of the molecule is Cc1cc(=O)n(C(=O)CN(C)C2CCCCC2CN)o1. The van der Waals surface area contributed by atoms with Crippen molar-refractivity contribution < 1.29 is 9.32 Å². The molecule has 0 saturated heterocycles. The number of hydrogen-bond donors (Lipinski definition) is 1. The van der Waals surface area contributed by atoms with E-state index in [-0.39, 0.29) is 12.5 Å². The molecule has 1 fully saturated rings. The molecule has 0 spiro atoms. The third-order valence-electron chi connectivity index (χ3n) is 4.11. The number of likely N-dealkylation sites (N-methyl/N-ethyl adjacent to an activating group) is 1. The Bertz CT molecular complexity index is 520. The standard InChI is InChI=1S/C14H23N3O3/c1-10-7-13(18)17(20-10)14(19)9-16(2)12-6-4-3-5-11(12)8-15/h7,11-12H,3-6,8-9,15H2,1-2H3. The first-order chi connectivity index (χ1) is 9.52. The number of aryl methyl sites for hydroxylation is 1. The van der Waals surface area contributed by atoms with Gasteiger partial charge in [0, 0.05) is 12.1 Å². The van der Waals surface area contributed by atoms with E-state index < -0.39 is 5.56 Å². The average Bonchev–Trinajstić information content (AvgIpc) is 2.77. The van der Waals surface area contributed by atoms with Crippen LogP contribution in [0.1, 0.15) is 36.2 Å². The van der Waals surface area contributed by atoms with E-state index in [1.807, 2.05) is 11.9 Å². The van der Waals surface area contributed by atoms with Crippen molar-refractivity contribution in [3.05, 3.63) is 22.2 Å². The van der Waals surface area contributed by atoms with Crippen molar-refractivity contribution in [3.8, 4) is 0 Å². The van der Waals surface area contributed by atoms with Gasteiger partial charge in [0.2, 0.25) is 0 Å². The third-order valence-corrected chi connectivity index (χ3v) is 4.11. The highest BCUT2D eigenvalue weighted by molar-refractivity contribution is 5.79. The maximum Gasteiger partial charge on any atom is 0.290 e. The first-order valence-corrected chi connectivity index (χ1v) is 7.16. The van der Waals surface area contributed by atoms with Crippen LogP contribution in [0.15, 0.2) is 15.4 Å². The van der Waals surface area contributed by atoms with Crippen molar-refractivity contribution in [2.24, 2.45) is 11.7 Å². The number of carbonyl (C=O) groups excluding carboxylic acids is 1. The number of nitrogens with two attached hydrogens (primary N) is 1. The Morgan fingerprint density at radius 3 is 2.80 bits per heavy atom. The van der Waals surface area contributed by atoms with Gasteiger partial charge in [-0.3, -0.25) is 14.5 Å². The van der Waals surface area contributed by atoms with Gasteiger partial charge in [0.15, 0.2) is 0 Å². The number of carbonyl (C=O) groups is 1. The van der Waals surface area contributed by atoms with Gasteiger partial charge in [0.25, 0.3) is 11.5 Å². The summed E-state index contributed by atoms with van der Waals surface area (Å²) in [6, 6.07) is 1.63. The first-order valence-electron chi connectivity index (χ1n) is 7.16. The van der Waals surface area contributed by atoms with E-state index in [0.717, 1.165) is 17.6 Å². The van der Waals surface area contributed by atoms with E-state index in [2.05, 4.69) is 0 Å². The van der Waals surface area contributed by atoms with Crippen molar-refractivity contribution in [1.29, 1.82) is 0 Å². The summed E-state index contributed by atoms with van der Waals surface area (Å²) in [5, 5.41) is 0. The van der Waals surface area contributed by atoms with E-state index in [9.17, 15) is 9.59 Å². The molecule has 1 aliphatic rings. The maximum absolute atomic E-state index is 12.1. The molecule has 2 rings (SSSR count). The monoisotopic (exact) mass is 281 g/mol. The van der Waals surface area contributed by atoms with Crippen LogP contribution in [0.5, 0.6) is 0 Å². The Hall–Kier alpha value is -1.40. The minimum Gasteiger partial charge on any atom is -0.373 e. The van der Waals surface area contributed by atoms with Crippen molar-refractivity contribution in [2.75, 3.05) is 20.1 Å². The van der Waals surface area contributed by atoms with E-state index in [0.29, 0.717) is 24.3 Å². The van der Waals surface area contributed by atoms with Crippen LogP contribution in [-0.2, 0) is 0 Å². The summed E-state index contributed by atoms with van der Waals surface area (Å²) >= 11 is 0. The fourth-order valence-corrected chi connectivity index (χ4v) is 3.06. The van der Waals surface area contributed by atoms with Crippen LogP contribution in [0.4, 0.5) is 0 Å². The maximum atomic E-state index is 12.1. The van der Waals surface area contributed by atoms with Crippen LogP contribution in [-0.4, -0.2) is 41.7 Å². The topological polar surface area (TPSA) is 81.5 Å². The van der Waals surface area contributed by atoms with E-state index in [1.165, 1.54) is 18.9 Å². The highest BCUT2D eigenvalue weighted by atomic mass is 16.5. The van der Waals surface area contributed by atoms with Crippen LogP contribution < -0.4 is 11.3 Å². The molecule has 1 heterocycles. The highest BCUT2D eigenvalue weighted by Gasteiger charge is 2.28. The molecule has 2 unspecified atom stereocenters. The third kappa shape index (κ3) is 3.19. The Morgan fingerprint density at radius 2 is 2.20 bits per heavy atom. The van der Waals surface area contributed by atoms with E-state index in [4.69, 9.17) is 10.3 Å². The quantitative estimate of drug-likeness (QED) is 0.884. The second-order valence-corrected chi connectivity index (χ2v) is 5.64. The molecule has 2 atom stereocenters. The van der Waals surface area contributed by atoms with Gasteiger partial charge in [-0.25, -0.2) is 0 Å². The molecule has 6 nitrogen and oxygen atoms in total. The van der Waals surface area contributed by atoms with Crippen LogP contribution in [0, 0.1) is 12.8 Å². The van der Waals surface area contributed by atoms with E-state index >= 15 is 0 Å². The molecule has 0 bridgehead atoms. The Balaban J connectivity index is 2.03. The zero-order valence-corrected chi connectivity index (χ0v) is 12.2. The lowest BCUT2D eigenvalue weighted by Crippen LogP contribution is -2.46. The molecule has 0 amide bonds. The largest absolute Gasteiger partial charge is 0.373 e. The fourth-order valence-electron chi connectivity index (χ4n) is 3.06. The minimum absolute atomic E-state index is 0.175. The molecular formula is C14H23N3O3.